The van der Waals surface area contributed by atoms with Gasteiger partial charge in [-0.3, -0.25) is 14.3 Å². The summed E-state index contributed by atoms with van der Waals surface area (Å²) in [5.74, 6) is -1.43. The number of carbonyl (C=O) groups is 3. The smallest absolute Gasteiger partial charge is 0.356 e. The van der Waals surface area contributed by atoms with Gasteiger partial charge in [-0.25, -0.2) is 4.79 Å². The van der Waals surface area contributed by atoms with E-state index < -0.39 is 11.9 Å². The molecule has 0 aliphatic carbocycles. The summed E-state index contributed by atoms with van der Waals surface area (Å²) in [6, 6.07) is 14.6. The minimum atomic E-state index is -0.576. The van der Waals surface area contributed by atoms with Gasteiger partial charge in [0.1, 0.15) is 5.69 Å². The van der Waals surface area contributed by atoms with Crippen LogP contribution < -0.4 is 5.32 Å². The van der Waals surface area contributed by atoms with Crippen molar-refractivity contribution in [3.63, 3.8) is 0 Å². The Morgan fingerprint density at radius 2 is 1.83 bits per heavy atom. The van der Waals surface area contributed by atoms with Crippen molar-refractivity contribution in [1.82, 2.24) is 9.78 Å². The van der Waals surface area contributed by atoms with E-state index >= 15 is 0 Å². The zero-order chi connectivity index (χ0) is 21.0. The third-order valence-corrected chi connectivity index (χ3v) is 4.34. The highest BCUT2D eigenvalue weighted by Gasteiger charge is 2.21. The van der Waals surface area contributed by atoms with Gasteiger partial charge < -0.3 is 10.1 Å². The van der Waals surface area contributed by atoms with Crippen LogP contribution in [0.1, 0.15) is 43.8 Å². The van der Waals surface area contributed by atoms with Crippen LogP contribution >= 0.6 is 11.6 Å². The van der Waals surface area contributed by atoms with E-state index in [1.165, 1.54) is 23.9 Å². The summed E-state index contributed by atoms with van der Waals surface area (Å²) < 4.78 is 6.21. The van der Waals surface area contributed by atoms with Crippen molar-refractivity contribution in [2.24, 2.45) is 7.05 Å². The third-order valence-electron chi connectivity index (χ3n) is 4.11. The number of hydrogen-bond acceptors (Lipinski definition) is 5. The first kappa shape index (κ1) is 20.3. The van der Waals surface area contributed by atoms with E-state index in [0.717, 1.165) is 0 Å². The second-order valence-corrected chi connectivity index (χ2v) is 6.53. The number of esters is 1. The first-order valence-electron chi connectivity index (χ1n) is 8.82. The molecule has 148 valence electrons. The summed E-state index contributed by atoms with van der Waals surface area (Å²) >= 11 is 6.06. The molecule has 1 N–H and O–H groups in total. The predicted molar refractivity (Wildman–Crippen MR) is 108 cm³/mol. The molecule has 3 rings (SSSR count). The molecule has 0 bridgehead atoms. The molecule has 3 aromatic rings. The number of ketones is 1. The van der Waals surface area contributed by atoms with Gasteiger partial charge in [0.05, 0.1) is 12.3 Å². The molecular formula is C21H18ClN3O4. The SMILES string of the molecule is CCOC(=O)c1cc(C(=O)Nc2ccc(Cl)cc2C(=O)c2ccccc2)nn1C. The lowest BCUT2D eigenvalue weighted by Crippen LogP contribution is -2.16. The molecule has 0 saturated carbocycles. The summed E-state index contributed by atoms with van der Waals surface area (Å²) in [6.45, 7) is 1.90. The Morgan fingerprint density at radius 3 is 2.52 bits per heavy atom. The number of halogens is 1. The molecule has 0 atom stereocenters. The molecule has 1 heterocycles. The molecule has 1 aromatic heterocycles. The molecule has 1 amide bonds. The van der Waals surface area contributed by atoms with Crippen molar-refractivity contribution in [3.05, 3.63) is 82.1 Å². The van der Waals surface area contributed by atoms with E-state index in [4.69, 9.17) is 16.3 Å². The second-order valence-electron chi connectivity index (χ2n) is 6.10. The molecule has 0 fully saturated rings. The van der Waals surface area contributed by atoms with Crippen molar-refractivity contribution in [3.8, 4) is 0 Å². The highest BCUT2D eigenvalue weighted by atomic mass is 35.5. The first-order valence-corrected chi connectivity index (χ1v) is 9.20. The largest absolute Gasteiger partial charge is 0.461 e. The molecule has 8 heteroatoms. The Labute approximate surface area is 172 Å². The molecule has 0 spiro atoms. The quantitative estimate of drug-likeness (QED) is 0.493. The summed E-state index contributed by atoms with van der Waals surface area (Å²) in [7, 11) is 1.54. The molecule has 2 aromatic carbocycles. The molecule has 0 saturated heterocycles. The lowest BCUT2D eigenvalue weighted by Gasteiger charge is -2.10. The van der Waals surface area contributed by atoms with Gasteiger partial charge in [-0.15, -0.1) is 0 Å². The van der Waals surface area contributed by atoms with Crippen LogP contribution in [0.5, 0.6) is 0 Å². The predicted octanol–water partition coefficient (Wildman–Crippen LogP) is 3.73. The zero-order valence-corrected chi connectivity index (χ0v) is 16.6. The number of nitrogens with one attached hydrogen (secondary N) is 1. The van der Waals surface area contributed by atoms with Crippen LogP contribution in [-0.4, -0.2) is 34.0 Å². The maximum atomic E-state index is 12.9. The van der Waals surface area contributed by atoms with Crippen LogP contribution in [0.15, 0.2) is 54.6 Å². The van der Waals surface area contributed by atoms with Crippen molar-refractivity contribution in [2.75, 3.05) is 11.9 Å². The zero-order valence-electron chi connectivity index (χ0n) is 15.8. The fraction of sp³-hybridized carbons (Fsp3) is 0.143. The van der Waals surface area contributed by atoms with Crippen LogP contribution in [0.25, 0.3) is 0 Å². The Morgan fingerprint density at radius 1 is 1.10 bits per heavy atom. The van der Waals surface area contributed by atoms with E-state index in [1.807, 2.05) is 0 Å². The second kappa shape index (κ2) is 8.70. The van der Waals surface area contributed by atoms with Crippen LogP contribution in [0, 0.1) is 0 Å². The number of rotatable bonds is 6. The van der Waals surface area contributed by atoms with E-state index in [1.54, 1.807) is 49.4 Å². The Kier molecular flexibility index (Phi) is 6.09. The summed E-state index contributed by atoms with van der Waals surface area (Å²) in [5, 5.41) is 7.09. The monoisotopic (exact) mass is 411 g/mol. The maximum absolute atomic E-state index is 12.9. The third kappa shape index (κ3) is 4.52. The van der Waals surface area contributed by atoms with E-state index in [2.05, 4.69) is 10.4 Å². The number of amides is 1. The number of nitrogens with zero attached hydrogens (tertiary/aromatic N) is 2. The van der Waals surface area contributed by atoms with E-state index in [0.29, 0.717) is 10.6 Å². The maximum Gasteiger partial charge on any atom is 0.356 e. The Hall–Kier alpha value is -3.45. The van der Waals surface area contributed by atoms with Crippen molar-refractivity contribution < 1.29 is 19.1 Å². The fourth-order valence-electron chi connectivity index (χ4n) is 2.72. The molecule has 0 radical (unpaired) electrons. The molecule has 0 unspecified atom stereocenters. The Bertz CT molecular complexity index is 1080. The molecule has 7 nitrogen and oxygen atoms in total. The van der Waals surface area contributed by atoms with Crippen LogP contribution in [-0.2, 0) is 11.8 Å². The number of benzene rings is 2. The lowest BCUT2D eigenvalue weighted by molar-refractivity contribution is 0.0513. The topological polar surface area (TPSA) is 90.3 Å². The number of aromatic nitrogens is 2. The van der Waals surface area contributed by atoms with Gasteiger partial charge in [0, 0.05) is 29.3 Å². The van der Waals surface area contributed by atoms with Gasteiger partial charge >= 0.3 is 5.97 Å². The highest BCUT2D eigenvalue weighted by Crippen LogP contribution is 2.24. The molecule has 0 aliphatic rings. The van der Waals surface area contributed by atoms with Crippen molar-refractivity contribution in [1.29, 1.82) is 0 Å². The number of carbonyl (C=O) groups excluding carboxylic acids is 3. The van der Waals surface area contributed by atoms with Gasteiger partial charge in [0.25, 0.3) is 5.91 Å². The highest BCUT2D eigenvalue weighted by molar-refractivity contribution is 6.31. The van der Waals surface area contributed by atoms with Crippen LogP contribution in [0.4, 0.5) is 5.69 Å². The first-order chi connectivity index (χ1) is 13.9. The normalized spacial score (nSPS) is 10.4. The summed E-state index contributed by atoms with van der Waals surface area (Å²) in [4.78, 5) is 37.5. The van der Waals surface area contributed by atoms with Gasteiger partial charge in [-0.2, -0.15) is 5.10 Å². The van der Waals surface area contributed by atoms with Crippen molar-refractivity contribution >= 4 is 34.9 Å². The minimum absolute atomic E-state index is 0.0172. The summed E-state index contributed by atoms with van der Waals surface area (Å²) in [5.41, 5.74) is 1.17. The molecule has 0 aliphatic heterocycles. The van der Waals surface area contributed by atoms with Gasteiger partial charge in [-0.1, -0.05) is 41.9 Å². The van der Waals surface area contributed by atoms with Gasteiger partial charge in [-0.05, 0) is 25.1 Å². The van der Waals surface area contributed by atoms with Gasteiger partial charge in [0.15, 0.2) is 11.5 Å². The van der Waals surface area contributed by atoms with E-state index in [-0.39, 0.29) is 35.0 Å². The van der Waals surface area contributed by atoms with Crippen LogP contribution in [0.3, 0.4) is 0 Å². The minimum Gasteiger partial charge on any atom is -0.461 e. The average Bonchev–Trinajstić information content (AvgIpc) is 3.11. The standard InChI is InChI=1S/C21H18ClN3O4/c1-3-29-21(28)18-12-17(24-25(18)2)20(27)23-16-10-9-14(22)11-15(16)19(26)13-7-5-4-6-8-13/h4-12H,3H2,1-2H3,(H,23,27). The fourth-order valence-corrected chi connectivity index (χ4v) is 2.89. The number of anilines is 1. The molecular weight excluding hydrogens is 394 g/mol. The summed E-state index contributed by atoms with van der Waals surface area (Å²) in [6.07, 6.45) is 0. The lowest BCUT2D eigenvalue weighted by atomic mass is 10.0. The number of hydrogen-bond donors (Lipinski definition) is 1. The average molecular weight is 412 g/mol. The van der Waals surface area contributed by atoms with E-state index in [9.17, 15) is 14.4 Å². The molecule has 29 heavy (non-hydrogen) atoms. The van der Waals surface area contributed by atoms with Gasteiger partial charge in [0.2, 0.25) is 0 Å². The van der Waals surface area contributed by atoms with Crippen molar-refractivity contribution in [2.45, 2.75) is 6.92 Å². The Balaban J connectivity index is 1.89. The number of ether oxygens (including phenoxy) is 1. The number of aryl methyl sites for hydroxylation is 1. The van der Waals surface area contributed by atoms with Crippen LogP contribution in [0.2, 0.25) is 5.02 Å².